The minimum Gasteiger partial charge on any atom is -0.462 e. The molecule has 0 aromatic rings. The summed E-state index contributed by atoms with van der Waals surface area (Å²) in [6.07, 6.45) is 60.7. The molecular weight excluding hydrogens is 1290 g/mol. The number of phosphoric acid groups is 2. The Bertz CT molecular complexity index is 2020. The molecule has 3 N–H and O–H groups in total. The van der Waals surface area contributed by atoms with Crippen LogP contribution in [0.25, 0.3) is 0 Å². The lowest BCUT2D eigenvalue weighted by Gasteiger charge is -2.21. The van der Waals surface area contributed by atoms with Gasteiger partial charge < -0.3 is 33.8 Å². The van der Waals surface area contributed by atoms with Gasteiger partial charge in [-0.3, -0.25) is 37.3 Å². The molecule has 0 spiro atoms. The number of carbonyl (C=O) groups is 4. The maximum Gasteiger partial charge on any atom is 0.472 e. The van der Waals surface area contributed by atoms with Gasteiger partial charge in [0.1, 0.15) is 19.3 Å². The number of aliphatic hydroxyl groups is 1. The van der Waals surface area contributed by atoms with Gasteiger partial charge in [-0.15, -0.1) is 0 Å². The van der Waals surface area contributed by atoms with Crippen molar-refractivity contribution in [2.45, 2.75) is 407 Å². The first-order chi connectivity index (χ1) is 47.8. The highest BCUT2D eigenvalue weighted by molar-refractivity contribution is 7.47. The Labute approximate surface area is 605 Å². The molecule has 0 aliphatic heterocycles. The summed E-state index contributed by atoms with van der Waals surface area (Å²) in [5.74, 6) is 0.157. The zero-order chi connectivity index (χ0) is 73.0. The van der Waals surface area contributed by atoms with E-state index in [-0.39, 0.29) is 25.7 Å². The molecule has 0 heterocycles. The van der Waals surface area contributed by atoms with Crippen LogP contribution < -0.4 is 0 Å². The second-order valence-corrected chi connectivity index (χ2v) is 32.2. The third-order valence-electron chi connectivity index (χ3n) is 18.4. The number of hydrogen-bond donors (Lipinski definition) is 3. The molecule has 0 rings (SSSR count). The highest BCUT2D eigenvalue weighted by atomic mass is 31.2. The Balaban J connectivity index is 5.20. The molecule has 0 fully saturated rings. The fraction of sp³-hybridized carbons (Fsp3) is 0.900. The summed E-state index contributed by atoms with van der Waals surface area (Å²) < 4.78 is 68.6. The standard InChI is InChI=1S/C80H152O17P2/c1-8-10-11-12-13-14-15-16-21-25-28-35-40-49-56-63-79(84)96-75(67-90-77(82)61-54-47-39-34-31-30-32-37-44-51-58-71(3)4)69-94-98(86,87)92-65-74(81)66-93-99(88,89)95-70-76(68-91-78(83)62-55-48-43-42-45-52-59-72(5)6)97-80(85)64-57-50-41-36-29-26-23-20-18-17-19-22-24-27-33-38-46-53-60-73(7)9-2/h14-16,21,71-76,81H,8-13,17-20,22-70H2,1-7H3,(H,86,87)(H,88,89)/b15-14-,21-16-/t73?,74-,75-,76-/m1/s1. The van der Waals surface area contributed by atoms with Crippen LogP contribution in [0, 0.1) is 17.8 Å². The smallest absolute Gasteiger partial charge is 0.462 e. The van der Waals surface area contributed by atoms with Gasteiger partial charge in [-0.05, 0) is 69.1 Å². The average Bonchev–Trinajstić information content (AvgIpc) is 1.05. The number of phosphoric ester groups is 2. The number of carbonyl (C=O) groups excluding carboxylic acids is 4. The first-order valence-electron chi connectivity index (χ1n) is 40.7. The number of ether oxygens (including phenoxy) is 4. The molecule has 0 bridgehead atoms. The first-order valence-corrected chi connectivity index (χ1v) is 43.7. The molecular formula is C80H152O17P2. The van der Waals surface area contributed by atoms with Crippen molar-refractivity contribution in [1.29, 1.82) is 0 Å². The van der Waals surface area contributed by atoms with Gasteiger partial charge in [-0.2, -0.15) is 0 Å². The maximum absolute atomic E-state index is 13.1. The van der Waals surface area contributed by atoms with Crippen molar-refractivity contribution in [2.75, 3.05) is 39.6 Å². The van der Waals surface area contributed by atoms with E-state index in [1.54, 1.807) is 0 Å². The molecule has 6 atom stereocenters. The Morgan fingerprint density at radius 2 is 0.596 bits per heavy atom. The SMILES string of the molecule is CCCCCC/C=C\C=C/CCCCCCCC(=O)O[C@H](COC(=O)CCCCCCCCCCCCC(C)C)COP(=O)(O)OC[C@@H](O)COP(=O)(O)OC[C@@H](COC(=O)CCCCCCCCC(C)C)OC(=O)CCCCCCCCCCCCCCCCCCCCC(C)CC. The Kier molecular flexibility index (Phi) is 68.1. The van der Waals surface area contributed by atoms with Crippen LogP contribution >= 0.6 is 15.6 Å². The van der Waals surface area contributed by atoms with Crippen molar-refractivity contribution in [1.82, 2.24) is 0 Å². The number of rotatable bonds is 76. The van der Waals surface area contributed by atoms with Crippen molar-refractivity contribution < 1.29 is 80.2 Å². The van der Waals surface area contributed by atoms with E-state index in [1.807, 2.05) is 0 Å². The monoisotopic (exact) mass is 1450 g/mol. The van der Waals surface area contributed by atoms with Gasteiger partial charge in [-0.25, -0.2) is 9.13 Å². The number of unbranched alkanes of at least 4 members (excludes halogenated alkanes) is 40. The van der Waals surface area contributed by atoms with Crippen LogP contribution in [0.3, 0.4) is 0 Å². The van der Waals surface area contributed by atoms with Crippen LogP contribution in [-0.4, -0.2) is 96.7 Å². The third kappa shape index (κ3) is 72.3. The first kappa shape index (κ1) is 96.5. The third-order valence-corrected chi connectivity index (χ3v) is 20.3. The van der Waals surface area contributed by atoms with E-state index < -0.39 is 97.5 Å². The summed E-state index contributed by atoms with van der Waals surface area (Å²) in [5.41, 5.74) is 0. The van der Waals surface area contributed by atoms with Crippen LogP contribution in [0.5, 0.6) is 0 Å². The van der Waals surface area contributed by atoms with Crippen LogP contribution in [-0.2, 0) is 65.4 Å². The number of aliphatic hydroxyl groups excluding tert-OH is 1. The minimum absolute atomic E-state index is 0.0845. The molecule has 0 aliphatic carbocycles. The van der Waals surface area contributed by atoms with Gasteiger partial charge in [0, 0.05) is 25.7 Å². The normalized spacial score (nSPS) is 14.4. The van der Waals surface area contributed by atoms with E-state index >= 15 is 0 Å². The molecule has 19 heteroatoms. The Morgan fingerprint density at radius 1 is 0.333 bits per heavy atom. The zero-order valence-corrected chi connectivity index (χ0v) is 66.2. The average molecular weight is 1450 g/mol. The van der Waals surface area contributed by atoms with E-state index in [0.29, 0.717) is 31.6 Å². The Morgan fingerprint density at radius 3 is 0.899 bits per heavy atom. The summed E-state index contributed by atoms with van der Waals surface area (Å²) in [4.78, 5) is 72.9. The molecule has 0 saturated carbocycles. The van der Waals surface area contributed by atoms with Gasteiger partial charge >= 0.3 is 39.5 Å². The van der Waals surface area contributed by atoms with Crippen molar-refractivity contribution in [3.05, 3.63) is 24.3 Å². The topological polar surface area (TPSA) is 237 Å². The summed E-state index contributed by atoms with van der Waals surface area (Å²) >= 11 is 0. The summed E-state index contributed by atoms with van der Waals surface area (Å²) in [6, 6.07) is 0. The molecule has 0 aromatic carbocycles. The highest BCUT2D eigenvalue weighted by Crippen LogP contribution is 2.45. The number of hydrogen-bond acceptors (Lipinski definition) is 15. The van der Waals surface area contributed by atoms with Crippen LogP contribution in [0.4, 0.5) is 0 Å². The van der Waals surface area contributed by atoms with Crippen molar-refractivity contribution in [3.63, 3.8) is 0 Å². The van der Waals surface area contributed by atoms with Crippen molar-refractivity contribution >= 4 is 39.5 Å². The molecule has 0 amide bonds. The lowest BCUT2D eigenvalue weighted by molar-refractivity contribution is -0.161. The molecule has 3 unspecified atom stereocenters. The second-order valence-electron chi connectivity index (χ2n) is 29.3. The van der Waals surface area contributed by atoms with Gasteiger partial charge in [-0.1, -0.05) is 336 Å². The Hall–Kier alpha value is -2.46. The zero-order valence-electron chi connectivity index (χ0n) is 64.4. The van der Waals surface area contributed by atoms with Crippen molar-refractivity contribution in [3.8, 4) is 0 Å². The summed E-state index contributed by atoms with van der Waals surface area (Å²) in [7, 11) is -9.93. The van der Waals surface area contributed by atoms with E-state index in [2.05, 4.69) is 72.8 Å². The lowest BCUT2D eigenvalue weighted by Crippen LogP contribution is -2.30. The van der Waals surface area contributed by atoms with Gasteiger partial charge in [0.25, 0.3) is 0 Å². The van der Waals surface area contributed by atoms with E-state index in [4.69, 9.17) is 37.0 Å². The van der Waals surface area contributed by atoms with Crippen LogP contribution in [0.1, 0.15) is 389 Å². The molecule has 0 radical (unpaired) electrons. The molecule has 99 heavy (non-hydrogen) atoms. The van der Waals surface area contributed by atoms with Crippen LogP contribution in [0.2, 0.25) is 0 Å². The van der Waals surface area contributed by atoms with Crippen molar-refractivity contribution in [2.24, 2.45) is 17.8 Å². The van der Waals surface area contributed by atoms with Crippen LogP contribution in [0.15, 0.2) is 24.3 Å². The second kappa shape index (κ2) is 69.9. The fourth-order valence-electron chi connectivity index (χ4n) is 11.7. The van der Waals surface area contributed by atoms with E-state index in [1.165, 1.54) is 180 Å². The van der Waals surface area contributed by atoms with Gasteiger partial charge in [0.05, 0.1) is 26.4 Å². The highest BCUT2D eigenvalue weighted by Gasteiger charge is 2.30. The van der Waals surface area contributed by atoms with E-state index in [9.17, 15) is 43.2 Å². The van der Waals surface area contributed by atoms with E-state index in [0.717, 1.165) is 121 Å². The molecule has 0 aromatic heterocycles. The molecule has 17 nitrogen and oxygen atoms in total. The largest absolute Gasteiger partial charge is 0.472 e. The molecule has 0 aliphatic rings. The predicted molar refractivity (Wildman–Crippen MR) is 404 cm³/mol. The molecule has 584 valence electrons. The summed E-state index contributed by atoms with van der Waals surface area (Å²) in [6.45, 7) is 11.8. The van der Waals surface area contributed by atoms with Gasteiger partial charge in [0.15, 0.2) is 12.2 Å². The fourth-order valence-corrected chi connectivity index (χ4v) is 13.3. The number of allylic oxidation sites excluding steroid dienone is 4. The quantitative estimate of drug-likeness (QED) is 0.0169. The number of esters is 4. The summed E-state index contributed by atoms with van der Waals surface area (Å²) in [5, 5.41) is 10.6. The predicted octanol–water partition coefficient (Wildman–Crippen LogP) is 23.3. The lowest BCUT2D eigenvalue weighted by atomic mass is 9.99. The molecule has 0 saturated heterocycles. The minimum atomic E-state index is -4.97. The maximum atomic E-state index is 13.1. The van der Waals surface area contributed by atoms with Gasteiger partial charge in [0.2, 0.25) is 0 Å².